The standard InChI is InChI=1S/C32H12BF24.C17H16N/c34-25(35,36)13-1-14(26(37,38)39)6-21(5-13)33(22-7-15(27(40,41)42)2-16(8-22)28(43,44)45,23-9-17(29(46,47)48)3-18(10-23)30(49,50)51)24-11-19(31(52,53)54)4-20(12-24)32(55,56)57;1-14-8-10-15(11-9-14)13-18-12-4-6-16-5-2-3-7-17(16)18/h1-12H;2-12H,13H2,1H3/q-1;+1. The van der Waals surface area contributed by atoms with Crippen LogP contribution in [-0.4, -0.2) is 6.15 Å². The third-order valence-corrected chi connectivity index (χ3v) is 11.7. The number of hydrogen-bond donors (Lipinski definition) is 0. The number of aryl methyl sites for hydroxylation is 1. The van der Waals surface area contributed by atoms with Gasteiger partial charge < -0.3 is 0 Å². The van der Waals surface area contributed by atoms with Crippen molar-refractivity contribution in [2.75, 3.05) is 0 Å². The predicted molar refractivity (Wildman–Crippen MR) is 224 cm³/mol. The third kappa shape index (κ3) is 13.0. The maximum atomic E-state index is 14.2. The highest BCUT2D eigenvalue weighted by Gasteiger charge is 2.47. The van der Waals surface area contributed by atoms with E-state index in [9.17, 15) is 105 Å². The molecule has 1 nitrogen and oxygen atoms in total. The predicted octanol–water partition coefficient (Wildman–Crippen LogP) is 14.7. The second-order valence-electron chi connectivity index (χ2n) is 16.9. The number of pyridine rings is 1. The molecule has 0 fully saturated rings. The van der Waals surface area contributed by atoms with Gasteiger partial charge in [0, 0.05) is 23.1 Å². The lowest BCUT2D eigenvalue weighted by atomic mass is 9.12. The lowest BCUT2D eigenvalue weighted by Crippen LogP contribution is -2.75. The normalized spacial score (nSPS) is 13.5. The molecule has 0 N–H and O–H groups in total. The summed E-state index contributed by atoms with van der Waals surface area (Å²) in [5.41, 5.74) is -26.3. The van der Waals surface area contributed by atoms with Crippen LogP contribution in [0.1, 0.15) is 55.6 Å². The average molecular weight is 1100 g/mol. The molecule has 1 heterocycles. The summed E-state index contributed by atoms with van der Waals surface area (Å²) in [6.07, 6.45) is -52.7. The van der Waals surface area contributed by atoms with E-state index in [4.69, 9.17) is 0 Å². The van der Waals surface area contributed by atoms with Gasteiger partial charge in [0.1, 0.15) is 6.15 Å². The minimum Gasteiger partial charge on any atom is -0.194 e. The van der Waals surface area contributed by atoms with Gasteiger partial charge >= 0.3 is 49.4 Å². The molecule has 75 heavy (non-hydrogen) atoms. The lowest BCUT2D eigenvalue weighted by molar-refractivity contribution is -0.662. The van der Waals surface area contributed by atoms with Gasteiger partial charge in [-0.1, -0.05) is 90.5 Å². The molecule has 7 rings (SSSR count). The monoisotopic (exact) mass is 1100 g/mol. The maximum Gasteiger partial charge on any atom is 0.416 e. The summed E-state index contributed by atoms with van der Waals surface area (Å²) in [7, 11) is 0. The molecule has 0 aliphatic heterocycles. The molecule has 0 amide bonds. The summed E-state index contributed by atoms with van der Waals surface area (Å²) >= 11 is 0. The number of nitrogens with zero attached hydrogens (tertiary/aromatic N) is 1. The summed E-state index contributed by atoms with van der Waals surface area (Å²) in [5.74, 6) is 0. The van der Waals surface area contributed by atoms with Crippen molar-refractivity contribution in [2.45, 2.75) is 62.9 Å². The van der Waals surface area contributed by atoms with Crippen molar-refractivity contribution >= 4 is 38.9 Å². The third-order valence-electron chi connectivity index (χ3n) is 11.7. The number of benzene rings is 6. The summed E-state index contributed by atoms with van der Waals surface area (Å²) in [4.78, 5) is 0. The molecule has 0 saturated heterocycles. The van der Waals surface area contributed by atoms with Gasteiger partial charge in [-0.15, -0.1) is 0 Å². The summed E-state index contributed by atoms with van der Waals surface area (Å²) in [5, 5.41) is 1.28. The first-order valence-corrected chi connectivity index (χ1v) is 20.9. The second kappa shape index (κ2) is 19.7. The number of alkyl halides is 24. The number of halogens is 24. The molecule has 7 aromatic rings. The molecule has 0 spiro atoms. The van der Waals surface area contributed by atoms with Gasteiger partial charge in [0.05, 0.1) is 44.5 Å². The van der Waals surface area contributed by atoms with Crippen molar-refractivity contribution in [3.63, 3.8) is 0 Å². The van der Waals surface area contributed by atoms with Gasteiger partial charge in [0.25, 0.3) is 0 Å². The second-order valence-corrected chi connectivity index (χ2v) is 16.9. The number of aromatic nitrogens is 1. The highest BCUT2D eigenvalue weighted by molar-refractivity contribution is 7.20. The van der Waals surface area contributed by atoms with E-state index in [1.54, 1.807) is 0 Å². The first-order chi connectivity index (χ1) is 34.1. The zero-order chi connectivity index (χ0) is 56.3. The molecular weight excluding hydrogens is 1070 g/mol. The number of rotatable bonds is 6. The Kier molecular flexibility index (Phi) is 15.1. The van der Waals surface area contributed by atoms with Crippen LogP contribution in [0.3, 0.4) is 0 Å². The van der Waals surface area contributed by atoms with E-state index in [1.165, 1.54) is 22.0 Å². The van der Waals surface area contributed by atoms with E-state index in [0.29, 0.717) is 0 Å². The van der Waals surface area contributed by atoms with Crippen LogP contribution >= 0.6 is 0 Å². The van der Waals surface area contributed by atoms with E-state index in [0.717, 1.165) is 6.54 Å². The van der Waals surface area contributed by atoms with E-state index >= 15 is 0 Å². The van der Waals surface area contributed by atoms with Gasteiger partial charge in [-0.05, 0) is 43.3 Å². The van der Waals surface area contributed by atoms with Crippen LogP contribution in [-0.2, 0) is 56.0 Å². The Morgan fingerprint density at radius 2 is 0.573 bits per heavy atom. The molecule has 6 aromatic carbocycles. The molecule has 0 aliphatic carbocycles. The largest absolute Gasteiger partial charge is 0.416 e. The molecule has 0 saturated carbocycles. The summed E-state index contributed by atoms with van der Waals surface area (Å²) in [6.45, 7) is 3.04. The van der Waals surface area contributed by atoms with Gasteiger partial charge in [0.2, 0.25) is 5.52 Å². The minimum absolute atomic E-state index is 0.691. The quantitative estimate of drug-likeness (QED) is 0.0888. The average Bonchev–Trinajstić information content (AvgIpc) is 3.28. The summed E-state index contributed by atoms with van der Waals surface area (Å²) < 4.78 is 343. The Balaban J connectivity index is 0.000000421. The zero-order valence-electron chi connectivity index (χ0n) is 37.1. The highest BCUT2D eigenvalue weighted by Crippen LogP contribution is 2.41. The number of hydrogen-bond acceptors (Lipinski definition) is 0. The van der Waals surface area contributed by atoms with E-state index < -0.39 is 195 Å². The minimum atomic E-state index is -6.13. The van der Waals surface area contributed by atoms with Crippen LogP contribution in [0.5, 0.6) is 0 Å². The lowest BCUT2D eigenvalue weighted by Gasteiger charge is -2.46. The Bertz CT molecular complexity index is 2740. The fraction of sp³-hybridized carbons (Fsp3) is 0.204. The van der Waals surface area contributed by atoms with E-state index in [1.807, 2.05) is 0 Å². The molecule has 0 aliphatic rings. The van der Waals surface area contributed by atoms with Crippen molar-refractivity contribution in [1.82, 2.24) is 0 Å². The molecule has 0 atom stereocenters. The van der Waals surface area contributed by atoms with Gasteiger partial charge in [-0.25, -0.2) is 0 Å². The topological polar surface area (TPSA) is 3.88 Å². The van der Waals surface area contributed by atoms with Crippen LogP contribution in [0, 0.1) is 6.92 Å². The molecule has 1 aromatic heterocycles. The Labute approximate surface area is 406 Å². The SMILES string of the molecule is Cc1ccc(C[n+]2cccc3ccccc32)cc1.FC(F)(F)c1cc([B-](c2cc(C(F)(F)F)cc(C(F)(F)F)c2)(c2cc(C(F)(F)F)cc(C(F)(F)F)c2)c2cc(C(F)(F)F)cc(C(F)(F)F)c2)cc(C(F)(F)F)c1. The molecule has 0 radical (unpaired) electrons. The van der Waals surface area contributed by atoms with Crippen LogP contribution in [0.15, 0.2) is 140 Å². The van der Waals surface area contributed by atoms with Gasteiger partial charge in [0.15, 0.2) is 12.7 Å². The van der Waals surface area contributed by atoms with E-state index in [2.05, 4.69) is 78.4 Å². The zero-order valence-corrected chi connectivity index (χ0v) is 37.1. The molecule has 400 valence electrons. The van der Waals surface area contributed by atoms with Crippen molar-refractivity contribution in [2.24, 2.45) is 0 Å². The van der Waals surface area contributed by atoms with Crippen molar-refractivity contribution in [3.05, 3.63) is 195 Å². The first kappa shape index (κ1) is 57.4. The Hall–Kier alpha value is -6.89. The smallest absolute Gasteiger partial charge is 0.194 e. The fourth-order valence-corrected chi connectivity index (χ4v) is 8.32. The van der Waals surface area contributed by atoms with E-state index in [-0.39, 0.29) is 0 Å². The van der Waals surface area contributed by atoms with Crippen molar-refractivity contribution in [1.29, 1.82) is 0 Å². The fourth-order valence-electron chi connectivity index (χ4n) is 8.32. The molecule has 0 unspecified atom stereocenters. The van der Waals surface area contributed by atoms with Crippen molar-refractivity contribution in [3.8, 4) is 0 Å². The maximum absolute atomic E-state index is 14.2. The van der Waals surface area contributed by atoms with Gasteiger partial charge in [-0.3, -0.25) is 0 Å². The summed E-state index contributed by atoms with van der Waals surface area (Å²) in [6, 6.07) is 12.7. The van der Waals surface area contributed by atoms with Crippen LogP contribution < -0.4 is 26.4 Å². The first-order valence-electron chi connectivity index (χ1n) is 20.9. The Morgan fingerprint density at radius 3 is 0.840 bits per heavy atom. The Morgan fingerprint density at radius 1 is 0.320 bits per heavy atom. The van der Waals surface area contributed by atoms with Crippen LogP contribution in [0.4, 0.5) is 105 Å². The number of para-hydroxylation sites is 1. The number of fused-ring (bicyclic) bond motifs is 1. The molecule has 0 bridgehead atoms. The van der Waals surface area contributed by atoms with Gasteiger partial charge in [-0.2, -0.15) is 132 Å². The highest BCUT2D eigenvalue weighted by atomic mass is 19.4. The molecule has 26 heteroatoms. The van der Waals surface area contributed by atoms with Crippen molar-refractivity contribution < 1.29 is 110 Å². The van der Waals surface area contributed by atoms with Crippen LogP contribution in [0.2, 0.25) is 0 Å². The van der Waals surface area contributed by atoms with Crippen LogP contribution in [0.25, 0.3) is 10.9 Å². The molecular formula is C49H28BF24N.